The molecule has 1 aromatic carbocycles. The van der Waals surface area contributed by atoms with E-state index in [1.807, 2.05) is 0 Å². The number of nitrogens with zero attached hydrogens (tertiary/aromatic N) is 1. The Labute approximate surface area is 122 Å². The molecule has 1 aliphatic heterocycles. The second-order valence-corrected chi connectivity index (χ2v) is 4.98. The summed E-state index contributed by atoms with van der Waals surface area (Å²) in [5.41, 5.74) is 0.934. The average molecular weight is 290 g/mol. The molecule has 1 saturated heterocycles. The molecule has 2 N–H and O–H groups in total. The normalized spacial score (nSPS) is 14.3. The lowest BCUT2D eigenvalue weighted by Gasteiger charge is -2.15. The number of nitrogens with one attached hydrogen (secondary N) is 1. The van der Waals surface area contributed by atoms with Gasteiger partial charge in [-0.1, -0.05) is 18.2 Å². The summed E-state index contributed by atoms with van der Waals surface area (Å²) >= 11 is 0. The summed E-state index contributed by atoms with van der Waals surface area (Å²) in [6.07, 6.45) is 1.76. The van der Waals surface area contributed by atoms with Crippen molar-refractivity contribution in [2.45, 2.75) is 19.3 Å². The number of hydrogen-bond donors (Lipinski definition) is 2. The molecule has 1 aliphatic rings. The lowest BCUT2D eigenvalue weighted by atomic mass is 10.0. The van der Waals surface area contributed by atoms with Crippen LogP contribution >= 0.6 is 0 Å². The number of likely N-dealkylation sites (tertiary alicyclic amines) is 1. The molecule has 21 heavy (non-hydrogen) atoms. The van der Waals surface area contributed by atoms with Gasteiger partial charge in [0.15, 0.2) is 0 Å². The quantitative estimate of drug-likeness (QED) is 0.806. The van der Waals surface area contributed by atoms with Crippen molar-refractivity contribution in [3.05, 3.63) is 35.4 Å². The number of carbonyl (C=O) groups excluding carboxylic acids is 2. The van der Waals surface area contributed by atoms with Gasteiger partial charge in [0.05, 0.1) is 12.1 Å². The summed E-state index contributed by atoms with van der Waals surface area (Å²) in [6, 6.07) is 6.72. The summed E-state index contributed by atoms with van der Waals surface area (Å²) in [7, 11) is 0. The predicted octanol–water partition coefficient (Wildman–Crippen LogP) is 0.666. The van der Waals surface area contributed by atoms with Crippen LogP contribution in [0.5, 0.6) is 0 Å². The minimum atomic E-state index is -0.973. The van der Waals surface area contributed by atoms with Crippen LogP contribution in [0, 0.1) is 0 Å². The van der Waals surface area contributed by atoms with E-state index >= 15 is 0 Å². The first-order valence-electron chi connectivity index (χ1n) is 6.93. The summed E-state index contributed by atoms with van der Waals surface area (Å²) in [6.45, 7) is 1.07. The smallest absolute Gasteiger partial charge is 0.335 e. The van der Waals surface area contributed by atoms with Crippen molar-refractivity contribution in [3.63, 3.8) is 0 Å². The van der Waals surface area contributed by atoms with Crippen LogP contribution in [0.15, 0.2) is 24.3 Å². The molecule has 0 aliphatic carbocycles. The molecule has 6 heteroatoms. The van der Waals surface area contributed by atoms with Crippen molar-refractivity contribution in [3.8, 4) is 0 Å². The molecular formula is C15H18N2O4. The third kappa shape index (κ3) is 4.05. The number of carboxylic acids is 1. The maximum Gasteiger partial charge on any atom is 0.335 e. The summed E-state index contributed by atoms with van der Waals surface area (Å²) in [4.78, 5) is 35.7. The summed E-state index contributed by atoms with van der Waals surface area (Å²) < 4.78 is 0. The molecule has 1 heterocycles. The van der Waals surface area contributed by atoms with Crippen LogP contribution in [0.4, 0.5) is 0 Å². The minimum Gasteiger partial charge on any atom is -0.478 e. The van der Waals surface area contributed by atoms with Crippen molar-refractivity contribution in [2.75, 3.05) is 19.6 Å². The lowest BCUT2D eigenvalue weighted by molar-refractivity contribution is -0.133. The van der Waals surface area contributed by atoms with Crippen LogP contribution in [-0.2, 0) is 16.0 Å². The lowest BCUT2D eigenvalue weighted by Crippen LogP contribution is -2.38. The van der Waals surface area contributed by atoms with Crippen molar-refractivity contribution in [1.29, 1.82) is 0 Å². The van der Waals surface area contributed by atoms with Crippen molar-refractivity contribution < 1.29 is 19.5 Å². The minimum absolute atomic E-state index is 0.0152. The monoisotopic (exact) mass is 290 g/mol. The number of hydrogen-bond acceptors (Lipinski definition) is 3. The SMILES string of the molecule is O=C(CN1CCCC1=O)NCCc1ccccc1C(=O)O. The Morgan fingerprint density at radius 1 is 1.29 bits per heavy atom. The molecule has 6 nitrogen and oxygen atoms in total. The number of carbonyl (C=O) groups is 3. The zero-order valence-corrected chi connectivity index (χ0v) is 11.7. The largest absolute Gasteiger partial charge is 0.478 e. The van der Waals surface area contributed by atoms with Gasteiger partial charge in [0.2, 0.25) is 11.8 Å². The maximum atomic E-state index is 11.7. The van der Waals surface area contributed by atoms with Gasteiger partial charge in [-0.25, -0.2) is 4.79 Å². The molecule has 112 valence electrons. The van der Waals surface area contributed by atoms with Gasteiger partial charge in [0.1, 0.15) is 0 Å². The molecule has 1 aromatic rings. The third-order valence-electron chi connectivity index (χ3n) is 3.47. The van der Waals surface area contributed by atoms with Gasteiger partial charge in [-0.05, 0) is 24.5 Å². The summed E-state index contributed by atoms with van der Waals surface area (Å²) in [5.74, 6) is -1.17. The van der Waals surface area contributed by atoms with Crippen molar-refractivity contribution in [2.24, 2.45) is 0 Å². The van der Waals surface area contributed by atoms with E-state index in [0.717, 1.165) is 6.42 Å². The third-order valence-corrected chi connectivity index (χ3v) is 3.47. The molecule has 2 rings (SSSR count). The first kappa shape index (κ1) is 15.0. The van der Waals surface area contributed by atoms with Crippen molar-refractivity contribution >= 4 is 17.8 Å². The highest BCUT2D eigenvalue weighted by atomic mass is 16.4. The van der Waals surface area contributed by atoms with E-state index in [-0.39, 0.29) is 23.9 Å². The van der Waals surface area contributed by atoms with E-state index in [1.165, 1.54) is 0 Å². The molecule has 0 spiro atoms. The number of rotatable bonds is 6. The number of carboxylic acid groups (broad SMARTS) is 1. The van der Waals surface area contributed by atoms with Gasteiger partial charge < -0.3 is 15.3 Å². The molecule has 0 atom stereocenters. The second kappa shape index (κ2) is 6.88. The Bertz CT molecular complexity index is 556. The molecule has 0 aromatic heterocycles. The van der Waals surface area contributed by atoms with Crippen LogP contribution in [0.2, 0.25) is 0 Å². The molecule has 2 amide bonds. The van der Waals surface area contributed by atoms with Crippen molar-refractivity contribution in [1.82, 2.24) is 10.2 Å². The average Bonchev–Trinajstić information content (AvgIpc) is 2.84. The Kier molecular flexibility index (Phi) is 4.92. The zero-order valence-electron chi connectivity index (χ0n) is 11.7. The van der Waals surface area contributed by atoms with E-state index in [0.29, 0.717) is 31.5 Å². The van der Waals surface area contributed by atoms with Crippen LogP contribution in [0.1, 0.15) is 28.8 Å². The fourth-order valence-corrected chi connectivity index (χ4v) is 2.38. The zero-order chi connectivity index (χ0) is 15.2. The van der Waals surface area contributed by atoms with Crippen LogP contribution in [0.25, 0.3) is 0 Å². The van der Waals surface area contributed by atoms with Gasteiger partial charge in [-0.3, -0.25) is 9.59 Å². The number of benzene rings is 1. The molecule has 0 radical (unpaired) electrons. The highest BCUT2D eigenvalue weighted by Gasteiger charge is 2.22. The van der Waals surface area contributed by atoms with Gasteiger partial charge >= 0.3 is 5.97 Å². The van der Waals surface area contributed by atoms with Crippen LogP contribution in [0.3, 0.4) is 0 Å². The molecule has 1 fully saturated rings. The Balaban J connectivity index is 1.80. The van der Waals surface area contributed by atoms with E-state index < -0.39 is 5.97 Å². The van der Waals surface area contributed by atoms with Gasteiger partial charge in [-0.2, -0.15) is 0 Å². The molecular weight excluding hydrogens is 272 g/mol. The van der Waals surface area contributed by atoms with Crippen LogP contribution in [-0.4, -0.2) is 47.4 Å². The van der Waals surface area contributed by atoms with E-state index in [2.05, 4.69) is 5.32 Å². The number of amides is 2. The van der Waals surface area contributed by atoms with E-state index in [9.17, 15) is 14.4 Å². The predicted molar refractivity (Wildman–Crippen MR) is 75.9 cm³/mol. The van der Waals surface area contributed by atoms with Gasteiger partial charge in [0, 0.05) is 19.5 Å². The fourth-order valence-electron chi connectivity index (χ4n) is 2.38. The molecule has 0 bridgehead atoms. The Morgan fingerprint density at radius 3 is 2.71 bits per heavy atom. The first-order valence-corrected chi connectivity index (χ1v) is 6.93. The van der Waals surface area contributed by atoms with Gasteiger partial charge in [-0.15, -0.1) is 0 Å². The first-order chi connectivity index (χ1) is 10.1. The van der Waals surface area contributed by atoms with E-state index in [4.69, 9.17) is 5.11 Å². The summed E-state index contributed by atoms with van der Waals surface area (Å²) in [5, 5.41) is 11.8. The molecule has 0 unspecified atom stereocenters. The van der Waals surface area contributed by atoms with E-state index in [1.54, 1.807) is 29.2 Å². The topological polar surface area (TPSA) is 86.7 Å². The number of aromatic carboxylic acids is 1. The second-order valence-electron chi connectivity index (χ2n) is 4.98. The van der Waals surface area contributed by atoms with Gasteiger partial charge in [0.25, 0.3) is 0 Å². The molecule has 0 saturated carbocycles. The van der Waals surface area contributed by atoms with Crippen LogP contribution < -0.4 is 5.32 Å². The maximum absolute atomic E-state index is 11.7. The standard InChI is InChI=1S/C15H18N2O4/c18-13(10-17-9-3-6-14(17)19)16-8-7-11-4-1-2-5-12(11)15(20)21/h1-2,4-5H,3,6-10H2,(H,16,18)(H,20,21). The Hall–Kier alpha value is -2.37. The highest BCUT2D eigenvalue weighted by Crippen LogP contribution is 2.10. The Morgan fingerprint density at radius 2 is 2.05 bits per heavy atom. The fraction of sp³-hybridized carbons (Fsp3) is 0.400. The highest BCUT2D eigenvalue weighted by molar-refractivity contribution is 5.89.